The van der Waals surface area contributed by atoms with Gasteiger partial charge in [0.25, 0.3) is 0 Å². The predicted molar refractivity (Wildman–Crippen MR) is 140 cm³/mol. The Balaban J connectivity index is 1.64. The van der Waals surface area contributed by atoms with E-state index in [2.05, 4.69) is 0 Å². The number of aromatic hydroxyl groups is 2. The lowest BCUT2D eigenvalue weighted by Crippen LogP contribution is -2.60. The fraction of sp³-hybridized carbons (Fsp3) is 0.444. The van der Waals surface area contributed by atoms with Crippen LogP contribution in [0.2, 0.25) is 0 Å². The van der Waals surface area contributed by atoms with Crippen molar-refractivity contribution < 1.29 is 74.4 Å². The second-order valence-corrected chi connectivity index (χ2v) is 10.1. The molecule has 2 aliphatic rings. The Labute approximate surface area is 241 Å². The minimum atomic E-state index is -1.91. The van der Waals surface area contributed by atoms with Crippen molar-refractivity contribution in [3.05, 3.63) is 46.6 Å². The fourth-order valence-corrected chi connectivity index (χ4v) is 4.83. The van der Waals surface area contributed by atoms with Crippen LogP contribution in [-0.2, 0) is 9.47 Å². The van der Waals surface area contributed by atoms with Crippen LogP contribution >= 0.6 is 0 Å². The molecule has 2 aliphatic heterocycles. The summed E-state index contributed by atoms with van der Waals surface area (Å²) in [7, 11) is 0. The van der Waals surface area contributed by atoms with Gasteiger partial charge in [-0.3, -0.25) is 4.79 Å². The van der Waals surface area contributed by atoms with Gasteiger partial charge in [0, 0.05) is 17.7 Å². The highest BCUT2D eigenvalue weighted by molar-refractivity contribution is 5.88. The summed E-state index contributed by atoms with van der Waals surface area (Å²) in [5.41, 5.74) is -1.12. The van der Waals surface area contributed by atoms with Crippen molar-refractivity contribution in [2.45, 2.75) is 61.4 Å². The average molecular weight is 611 g/mol. The quantitative estimate of drug-likeness (QED) is 0.130. The van der Waals surface area contributed by atoms with Crippen LogP contribution in [0.3, 0.4) is 0 Å². The molecule has 16 heteroatoms. The van der Waals surface area contributed by atoms with Gasteiger partial charge in [-0.15, -0.1) is 0 Å². The number of aliphatic hydroxyl groups excluding tert-OH is 8. The summed E-state index contributed by atoms with van der Waals surface area (Å²) in [5, 5.41) is 100. The van der Waals surface area contributed by atoms with E-state index in [0.29, 0.717) is 0 Å². The van der Waals surface area contributed by atoms with Crippen LogP contribution in [0.4, 0.5) is 0 Å². The van der Waals surface area contributed by atoms with Gasteiger partial charge in [0.1, 0.15) is 77.0 Å². The van der Waals surface area contributed by atoms with Gasteiger partial charge in [-0.05, 0) is 24.3 Å². The van der Waals surface area contributed by atoms with Crippen LogP contribution in [0.1, 0.15) is 0 Å². The van der Waals surface area contributed by atoms with E-state index in [1.54, 1.807) is 0 Å². The first kappa shape index (κ1) is 30.9. The van der Waals surface area contributed by atoms with E-state index in [-0.39, 0.29) is 22.7 Å². The van der Waals surface area contributed by atoms with Crippen molar-refractivity contribution in [1.82, 2.24) is 0 Å². The van der Waals surface area contributed by atoms with Gasteiger partial charge in [-0.2, -0.15) is 0 Å². The highest BCUT2D eigenvalue weighted by atomic mass is 16.7. The molecule has 43 heavy (non-hydrogen) atoms. The summed E-state index contributed by atoms with van der Waals surface area (Å²) >= 11 is 0. The Morgan fingerprint density at radius 3 is 1.74 bits per heavy atom. The standard InChI is InChI=1S/C27H30O16/c28-7-14-17(32)20(35)22(37)26(41-14)40-13-6-11(31)5-12-16(13)19(34)25(24(39-12)9-1-3-10(30)4-2-9)43-27-23(38)21(36)18(33)15(8-29)42-27/h1-6,14-15,17-18,20-23,26-33,35-38H,7-8H2/t14-,15+,17+,18+,20+,21-,22-,23-,26-,27+/m1/s1. The Hall–Kier alpha value is -3.55. The lowest BCUT2D eigenvalue weighted by molar-refractivity contribution is -0.277. The fourth-order valence-electron chi connectivity index (χ4n) is 4.83. The molecular formula is C27H30O16. The predicted octanol–water partition coefficient (Wildman–Crippen LogP) is -2.77. The summed E-state index contributed by atoms with van der Waals surface area (Å²) in [6.45, 7) is -1.54. The molecule has 3 heterocycles. The van der Waals surface area contributed by atoms with Crippen molar-refractivity contribution in [2.75, 3.05) is 13.2 Å². The van der Waals surface area contributed by atoms with Crippen molar-refractivity contribution in [3.8, 4) is 34.3 Å². The molecular weight excluding hydrogens is 580 g/mol. The minimum Gasteiger partial charge on any atom is -0.508 e. The topological polar surface area (TPSA) is 269 Å². The average Bonchev–Trinajstić information content (AvgIpc) is 2.98. The molecule has 234 valence electrons. The van der Waals surface area contributed by atoms with E-state index in [4.69, 9.17) is 23.4 Å². The van der Waals surface area contributed by atoms with Gasteiger partial charge in [-0.1, -0.05) is 0 Å². The number of hydrogen-bond acceptors (Lipinski definition) is 16. The molecule has 16 nitrogen and oxygen atoms in total. The largest absolute Gasteiger partial charge is 0.508 e. The van der Waals surface area contributed by atoms with Gasteiger partial charge in [0.15, 0.2) is 5.76 Å². The van der Waals surface area contributed by atoms with Gasteiger partial charge in [-0.25, -0.2) is 0 Å². The van der Waals surface area contributed by atoms with Gasteiger partial charge >= 0.3 is 0 Å². The Bertz CT molecular complexity index is 1490. The van der Waals surface area contributed by atoms with Crippen LogP contribution in [-0.4, -0.2) is 126 Å². The van der Waals surface area contributed by atoms with E-state index < -0.39 is 103 Å². The molecule has 0 saturated carbocycles. The van der Waals surface area contributed by atoms with Gasteiger partial charge in [0.2, 0.25) is 23.8 Å². The highest BCUT2D eigenvalue weighted by Crippen LogP contribution is 2.39. The van der Waals surface area contributed by atoms with Crippen molar-refractivity contribution in [1.29, 1.82) is 0 Å². The molecule has 0 amide bonds. The number of hydrogen-bond donors (Lipinski definition) is 10. The summed E-state index contributed by atoms with van der Waals surface area (Å²) < 4.78 is 28.0. The molecule has 0 aliphatic carbocycles. The van der Waals surface area contributed by atoms with Crippen molar-refractivity contribution >= 4 is 11.0 Å². The smallest absolute Gasteiger partial charge is 0.239 e. The SMILES string of the molecule is O=c1c(O[C@@H]2O[C@@H](CO)[C@H](O)[C@@H](O)[C@H]2O)c(-c2ccc(O)cc2)oc2cc(O)cc(O[C@@H]3O[C@H](CO)[C@H](O)[C@H](O)[C@H]3O)c12. The molecule has 2 saturated heterocycles. The van der Waals surface area contributed by atoms with Crippen LogP contribution < -0.4 is 14.9 Å². The summed E-state index contributed by atoms with van der Waals surface area (Å²) in [6, 6.07) is 7.26. The third-order valence-electron chi connectivity index (χ3n) is 7.21. The van der Waals surface area contributed by atoms with Crippen LogP contribution in [0.15, 0.2) is 45.6 Å². The third kappa shape index (κ3) is 5.73. The number of ether oxygens (including phenoxy) is 4. The summed E-state index contributed by atoms with van der Waals surface area (Å²) in [4.78, 5) is 14.0. The zero-order valence-corrected chi connectivity index (χ0v) is 22.1. The molecule has 0 radical (unpaired) electrons. The number of phenolic OH excluding ortho intramolecular Hbond substituents is 2. The number of phenols is 2. The zero-order chi connectivity index (χ0) is 31.2. The first-order valence-corrected chi connectivity index (χ1v) is 13.0. The van der Waals surface area contributed by atoms with E-state index in [0.717, 1.165) is 12.1 Å². The summed E-state index contributed by atoms with van der Waals surface area (Å²) in [6.07, 6.45) is -17.2. The third-order valence-corrected chi connectivity index (χ3v) is 7.21. The number of benzene rings is 2. The molecule has 5 rings (SSSR count). The first-order chi connectivity index (χ1) is 20.4. The van der Waals surface area contributed by atoms with Gasteiger partial charge < -0.3 is 74.4 Å². The lowest BCUT2D eigenvalue weighted by Gasteiger charge is -2.39. The second-order valence-electron chi connectivity index (χ2n) is 10.1. The highest BCUT2D eigenvalue weighted by Gasteiger charge is 2.46. The van der Waals surface area contributed by atoms with Crippen molar-refractivity contribution in [2.24, 2.45) is 0 Å². The molecule has 2 fully saturated rings. The van der Waals surface area contributed by atoms with E-state index >= 15 is 0 Å². The normalized spacial score (nSPS) is 32.9. The molecule has 3 aromatic rings. The van der Waals surface area contributed by atoms with Gasteiger partial charge in [0.05, 0.1) is 13.2 Å². The second kappa shape index (κ2) is 12.2. The Kier molecular flexibility index (Phi) is 8.77. The van der Waals surface area contributed by atoms with Crippen LogP contribution in [0, 0.1) is 0 Å². The maximum atomic E-state index is 14.0. The summed E-state index contributed by atoms with van der Waals surface area (Å²) in [5.74, 6) is -1.99. The molecule has 0 spiro atoms. The van der Waals surface area contributed by atoms with E-state index in [1.807, 2.05) is 0 Å². The zero-order valence-electron chi connectivity index (χ0n) is 22.1. The number of fused-ring (bicyclic) bond motifs is 1. The van der Waals surface area contributed by atoms with E-state index in [1.165, 1.54) is 24.3 Å². The molecule has 10 atom stereocenters. The molecule has 2 aromatic carbocycles. The van der Waals surface area contributed by atoms with E-state index in [9.17, 15) is 55.9 Å². The first-order valence-electron chi connectivity index (χ1n) is 13.0. The molecule has 0 bridgehead atoms. The maximum Gasteiger partial charge on any atom is 0.239 e. The molecule has 0 unspecified atom stereocenters. The van der Waals surface area contributed by atoms with Crippen molar-refractivity contribution in [3.63, 3.8) is 0 Å². The Morgan fingerprint density at radius 1 is 0.674 bits per heavy atom. The van der Waals surface area contributed by atoms with Crippen LogP contribution in [0.5, 0.6) is 23.0 Å². The Morgan fingerprint density at radius 2 is 1.21 bits per heavy atom. The monoisotopic (exact) mass is 610 g/mol. The molecule has 10 N–H and O–H groups in total. The number of rotatable bonds is 7. The number of aliphatic hydroxyl groups is 8. The minimum absolute atomic E-state index is 0.129. The van der Waals surface area contributed by atoms with Crippen LogP contribution in [0.25, 0.3) is 22.3 Å². The molecule has 1 aromatic heterocycles. The lowest BCUT2D eigenvalue weighted by atomic mass is 9.99. The maximum absolute atomic E-state index is 14.0.